The highest BCUT2D eigenvalue weighted by Gasteiger charge is 2.43. The molecule has 0 radical (unpaired) electrons. The summed E-state index contributed by atoms with van der Waals surface area (Å²) in [4.78, 5) is 13.2. The summed E-state index contributed by atoms with van der Waals surface area (Å²) in [5.74, 6) is 0.625. The van der Waals surface area contributed by atoms with Gasteiger partial charge in [-0.1, -0.05) is 6.42 Å². The van der Waals surface area contributed by atoms with Crippen LogP contribution in [0.1, 0.15) is 44.6 Å². The Labute approximate surface area is 179 Å². The third-order valence-corrected chi connectivity index (χ3v) is 6.49. The number of nitrogens with zero attached hydrogens (tertiary/aromatic N) is 4. The molecule has 0 unspecified atom stereocenters. The summed E-state index contributed by atoms with van der Waals surface area (Å²) in [5, 5.41) is 0. The maximum absolute atomic E-state index is 11.3. The van der Waals surface area contributed by atoms with E-state index in [9.17, 15) is 8.42 Å². The second-order valence-corrected chi connectivity index (χ2v) is 9.87. The van der Waals surface area contributed by atoms with Crippen LogP contribution in [-0.4, -0.2) is 51.9 Å². The molecule has 30 heavy (non-hydrogen) atoms. The molecule has 1 heterocycles. The lowest BCUT2D eigenvalue weighted by Crippen LogP contribution is -2.58. The maximum atomic E-state index is 11.3. The molecule has 3 rings (SSSR count). The zero-order valence-corrected chi connectivity index (χ0v) is 18.9. The molecule has 1 aromatic carbocycles. The first-order chi connectivity index (χ1) is 14.1. The van der Waals surface area contributed by atoms with Gasteiger partial charge >= 0.3 is 0 Å². The molecule has 2 aliphatic rings. The van der Waals surface area contributed by atoms with Crippen LogP contribution in [0.25, 0.3) is 0 Å². The number of sulfonamides is 1. The molecule has 5 N–H and O–H groups in total. The topological polar surface area (TPSA) is 129 Å². The third kappa shape index (κ3) is 4.86. The summed E-state index contributed by atoms with van der Waals surface area (Å²) in [7, 11) is -3.20. The highest BCUT2D eigenvalue weighted by atomic mass is 32.2. The van der Waals surface area contributed by atoms with Crippen LogP contribution >= 0.6 is 0 Å². The van der Waals surface area contributed by atoms with Gasteiger partial charge in [0.2, 0.25) is 21.9 Å². The highest BCUT2D eigenvalue weighted by Crippen LogP contribution is 2.41. The van der Waals surface area contributed by atoms with Gasteiger partial charge in [0.15, 0.2) is 0 Å². The fraction of sp³-hybridized carbons (Fsp3) is 0.600. The quantitative estimate of drug-likeness (QED) is 0.595. The number of likely N-dealkylation sites (N-methyl/N-ethyl adjacent to an activating group) is 1. The zero-order chi connectivity index (χ0) is 21.9. The molecular formula is C20H33N7O2S. The molecule has 1 aliphatic heterocycles. The van der Waals surface area contributed by atoms with E-state index < -0.39 is 15.7 Å². The molecule has 0 atom stereocenters. The van der Waals surface area contributed by atoms with E-state index in [2.05, 4.69) is 20.7 Å². The summed E-state index contributed by atoms with van der Waals surface area (Å²) in [6.45, 7) is 5.80. The fourth-order valence-electron chi connectivity index (χ4n) is 4.39. The predicted molar refractivity (Wildman–Crippen MR) is 123 cm³/mol. The lowest BCUT2D eigenvalue weighted by Gasteiger charge is -2.46. The number of aliphatic imine (C=N–C) groups is 2. The second-order valence-electron chi connectivity index (χ2n) is 8.04. The average molecular weight is 436 g/mol. The first kappa shape index (κ1) is 22.4. The second kappa shape index (κ2) is 8.81. The van der Waals surface area contributed by atoms with E-state index in [0.717, 1.165) is 49.2 Å². The van der Waals surface area contributed by atoms with Crippen LogP contribution < -0.4 is 26.0 Å². The average Bonchev–Trinajstić information content (AvgIpc) is 2.65. The molecular weight excluding hydrogens is 402 g/mol. The Hall–Kier alpha value is -2.33. The van der Waals surface area contributed by atoms with Crippen LogP contribution in [0.4, 0.5) is 11.4 Å². The van der Waals surface area contributed by atoms with Crippen molar-refractivity contribution in [2.75, 3.05) is 35.7 Å². The van der Waals surface area contributed by atoms with E-state index in [-0.39, 0.29) is 5.96 Å². The molecule has 1 fully saturated rings. The van der Waals surface area contributed by atoms with Crippen LogP contribution in [0, 0.1) is 6.92 Å². The van der Waals surface area contributed by atoms with Gasteiger partial charge in [0.1, 0.15) is 5.66 Å². The van der Waals surface area contributed by atoms with Crippen molar-refractivity contribution in [2.45, 2.75) is 51.6 Å². The minimum atomic E-state index is -3.20. The number of aryl methyl sites for hydroxylation is 1. The van der Waals surface area contributed by atoms with Crippen molar-refractivity contribution in [3.63, 3.8) is 0 Å². The number of benzene rings is 1. The van der Waals surface area contributed by atoms with Crippen molar-refractivity contribution in [2.24, 2.45) is 21.5 Å². The molecule has 1 spiro atoms. The Bertz CT molecular complexity index is 936. The largest absolute Gasteiger partial charge is 0.370 e. The number of hydrogen-bond acceptors (Lipinski definition) is 8. The normalized spacial score (nSPS) is 18.8. The van der Waals surface area contributed by atoms with Gasteiger partial charge in [0, 0.05) is 31.0 Å². The van der Waals surface area contributed by atoms with E-state index in [1.807, 2.05) is 30.9 Å². The highest BCUT2D eigenvalue weighted by molar-refractivity contribution is 7.88. The molecule has 1 saturated carbocycles. The first-order valence-electron chi connectivity index (χ1n) is 10.5. The van der Waals surface area contributed by atoms with E-state index in [1.165, 1.54) is 12.7 Å². The van der Waals surface area contributed by atoms with Crippen molar-refractivity contribution < 1.29 is 8.42 Å². The Morgan fingerprint density at radius 1 is 1.23 bits per heavy atom. The lowest BCUT2D eigenvalue weighted by atomic mass is 9.87. The smallest absolute Gasteiger partial charge is 0.220 e. The molecule has 0 amide bonds. The van der Waals surface area contributed by atoms with Crippen LogP contribution in [0.5, 0.6) is 0 Å². The third-order valence-electron chi connectivity index (χ3n) is 5.77. The van der Waals surface area contributed by atoms with E-state index in [1.54, 1.807) is 0 Å². The molecule has 1 aliphatic carbocycles. The van der Waals surface area contributed by atoms with Crippen LogP contribution in [0.3, 0.4) is 0 Å². The van der Waals surface area contributed by atoms with E-state index >= 15 is 0 Å². The predicted octanol–water partition coefficient (Wildman–Crippen LogP) is 1.48. The van der Waals surface area contributed by atoms with Crippen LogP contribution in [-0.2, 0) is 10.0 Å². The van der Waals surface area contributed by atoms with E-state index in [4.69, 9.17) is 16.5 Å². The van der Waals surface area contributed by atoms with Crippen molar-refractivity contribution in [1.29, 1.82) is 0 Å². The Kier molecular flexibility index (Phi) is 6.56. The van der Waals surface area contributed by atoms with Gasteiger partial charge in [0.05, 0.1) is 6.26 Å². The summed E-state index contributed by atoms with van der Waals surface area (Å²) in [6, 6.07) is 6.19. The van der Waals surface area contributed by atoms with Crippen molar-refractivity contribution >= 4 is 33.3 Å². The monoisotopic (exact) mass is 435 g/mol. The van der Waals surface area contributed by atoms with Gasteiger partial charge < -0.3 is 16.4 Å². The number of nitrogens with one attached hydrogen (secondary N) is 1. The van der Waals surface area contributed by atoms with Crippen molar-refractivity contribution in [3.05, 3.63) is 23.8 Å². The zero-order valence-electron chi connectivity index (χ0n) is 18.1. The maximum Gasteiger partial charge on any atom is 0.220 e. The van der Waals surface area contributed by atoms with E-state index in [0.29, 0.717) is 19.0 Å². The lowest BCUT2D eigenvalue weighted by molar-refractivity contribution is 0.305. The number of rotatable bonds is 7. The SMILES string of the molecule is CCN(CCNS(C)(=O)=O)c1ccc(N2C(N)=NC(N)=NC23CCCCC3)c(C)c1. The van der Waals surface area contributed by atoms with Crippen molar-refractivity contribution in [1.82, 2.24) is 4.72 Å². The number of anilines is 2. The van der Waals surface area contributed by atoms with Gasteiger partial charge in [-0.3, -0.25) is 4.90 Å². The molecule has 0 bridgehead atoms. The summed E-state index contributed by atoms with van der Waals surface area (Å²) < 4.78 is 25.2. The summed E-state index contributed by atoms with van der Waals surface area (Å²) >= 11 is 0. The minimum absolute atomic E-state index is 0.246. The molecule has 10 heteroatoms. The Balaban J connectivity index is 1.87. The molecule has 9 nitrogen and oxygen atoms in total. The Morgan fingerprint density at radius 3 is 2.53 bits per heavy atom. The molecule has 166 valence electrons. The summed E-state index contributed by atoms with van der Waals surface area (Å²) in [6.07, 6.45) is 6.30. The minimum Gasteiger partial charge on any atom is -0.370 e. The number of hydrogen-bond donors (Lipinski definition) is 3. The summed E-state index contributed by atoms with van der Waals surface area (Å²) in [5.41, 5.74) is 14.9. The van der Waals surface area contributed by atoms with Gasteiger partial charge in [-0.05, 0) is 63.3 Å². The fourth-order valence-corrected chi connectivity index (χ4v) is 4.85. The van der Waals surface area contributed by atoms with Crippen LogP contribution in [0.15, 0.2) is 28.2 Å². The Morgan fingerprint density at radius 2 is 1.93 bits per heavy atom. The van der Waals surface area contributed by atoms with Gasteiger partial charge in [-0.25, -0.2) is 18.1 Å². The molecule has 1 aromatic rings. The van der Waals surface area contributed by atoms with Gasteiger partial charge in [-0.2, -0.15) is 4.99 Å². The van der Waals surface area contributed by atoms with Gasteiger partial charge in [0.25, 0.3) is 0 Å². The number of guanidine groups is 2. The van der Waals surface area contributed by atoms with Gasteiger partial charge in [-0.15, -0.1) is 0 Å². The molecule has 0 saturated heterocycles. The first-order valence-corrected chi connectivity index (χ1v) is 12.3. The molecule has 0 aromatic heterocycles. The number of nitrogens with two attached hydrogens (primary N) is 2. The standard InChI is InChI=1S/C20H33N7O2S/c1-4-26(13-12-23-30(3,28)29)16-8-9-17(15(2)14-16)27-19(22)24-18(21)25-20(27)10-6-5-7-11-20/h8-9,14,23H,4-7,10-13H2,1-3H3,(H4,21,22,24,25). The van der Waals surface area contributed by atoms with Crippen LogP contribution in [0.2, 0.25) is 0 Å². The van der Waals surface area contributed by atoms with Crippen molar-refractivity contribution in [3.8, 4) is 0 Å².